The lowest BCUT2D eigenvalue weighted by Gasteiger charge is -2.29. The van der Waals surface area contributed by atoms with E-state index >= 15 is 0 Å². The number of carbonyl (C=O) groups is 1. The molecule has 22 heavy (non-hydrogen) atoms. The zero-order valence-electron chi connectivity index (χ0n) is 12.6. The monoisotopic (exact) mass is 326 g/mol. The normalized spacial score (nSPS) is 22.3. The molecule has 2 rings (SSSR count). The van der Waals surface area contributed by atoms with Gasteiger partial charge in [0.15, 0.2) is 0 Å². The maximum absolute atomic E-state index is 12.4. The Morgan fingerprint density at radius 1 is 1.27 bits per heavy atom. The fraction of sp³-hybridized carbons (Fsp3) is 0.533. The van der Waals surface area contributed by atoms with Crippen LogP contribution in [0.1, 0.15) is 43.0 Å². The van der Waals surface area contributed by atoms with E-state index in [1.165, 1.54) is 24.3 Å². The number of esters is 1. The van der Waals surface area contributed by atoms with Crippen molar-refractivity contribution in [3.8, 4) is 0 Å². The van der Waals surface area contributed by atoms with Crippen LogP contribution < -0.4 is 10.5 Å². The Hall–Kier alpha value is -1.44. The zero-order chi connectivity index (χ0) is 16.2. The Morgan fingerprint density at radius 3 is 2.50 bits per heavy atom. The molecule has 0 heterocycles. The first-order valence-corrected chi connectivity index (χ1v) is 8.97. The van der Waals surface area contributed by atoms with Crippen LogP contribution in [0.15, 0.2) is 29.2 Å². The SMILES string of the molecule is CCOC(=O)c1ccc(S(=O)(=O)N[C@@H]2CCCC[C@H]2N)cc1. The number of hydrogen-bond acceptors (Lipinski definition) is 5. The van der Waals surface area contributed by atoms with Crippen LogP contribution in [-0.2, 0) is 14.8 Å². The van der Waals surface area contributed by atoms with Gasteiger partial charge in [0.25, 0.3) is 0 Å². The third-order valence-electron chi connectivity index (χ3n) is 3.80. The van der Waals surface area contributed by atoms with E-state index in [1.54, 1.807) is 6.92 Å². The van der Waals surface area contributed by atoms with Gasteiger partial charge in [0.1, 0.15) is 0 Å². The van der Waals surface area contributed by atoms with Crippen LogP contribution in [0, 0.1) is 0 Å². The first-order valence-electron chi connectivity index (χ1n) is 7.49. The molecule has 7 heteroatoms. The van der Waals surface area contributed by atoms with E-state index in [0.29, 0.717) is 5.56 Å². The molecule has 1 aliphatic carbocycles. The van der Waals surface area contributed by atoms with Crippen LogP contribution in [0.5, 0.6) is 0 Å². The summed E-state index contributed by atoms with van der Waals surface area (Å²) in [5.41, 5.74) is 6.30. The number of ether oxygens (including phenoxy) is 1. The summed E-state index contributed by atoms with van der Waals surface area (Å²) in [5, 5.41) is 0. The van der Waals surface area contributed by atoms with E-state index < -0.39 is 16.0 Å². The van der Waals surface area contributed by atoms with Crippen molar-refractivity contribution in [2.75, 3.05) is 6.61 Å². The minimum absolute atomic E-state index is 0.123. The average molecular weight is 326 g/mol. The number of nitrogens with one attached hydrogen (secondary N) is 1. The molecule has 122 valence electrons. The van der Waals surface area contributed by atoms with E-state index in [2.05, 4.69) is 4.72 Å². The Balaban J connectivity index is 2.10. The van der Waals surface area contributed by atoms with Crippen LogP contribution in [0.2, 0.25) is 0 Å². The molecule has 0 amide bonds. The lowest BCUT2D eigenvalue weighted by atomic mass is 9.92. The molecule has 1 saturated carbocycles. The van der Waals surface area contributed by atoms with E-state index in [9.17, 15) is 13.2 Å². The minimum atomic E-state index is -3.63. The number of hydrogen-bond donors (Lipinski definition) is 2. The maximum atomic E-state index is 12.4. The summed E-state index contributed by atoms with van der Waals surface area (Å²) in [4.78, 5) is 11.7. The Kier molecular flexibility index (Phi) is 5.55. The van der Waals surface area contributed by atoms with Crippen LogP contribution in [0.4, 0.5) is 0 Å². The van der Waals surface area contributed by atoms with Gasteiger partial charge in [-0.15, -0.1) is 0 Å². The van der Waals surface area contributed by atoms with Gasteiger partial charge in [-0.05, 0) is 44.0 Å². The zero-order valence-corrected chi connectivity index (χ0v) is 13.4. The van der Waals surface area contributed by atoms with Gasteiger partial charge in [-0.1, -0.05) is 12.8 Å². The molecule has 0 spiro atoms. The Bertz CT molecular complexity index is 613. The summed E-state index contributed by atoms with van der Waals surface area (Å²) in [7, 11) is -3.63. The summed E-state index contributed by atoms with van der Waals surface area (Å²) in [5.74, 6) is -0.464. The largest absolute Gasteiger partial charge is 0.462 e. The number of carbonyl (C=O) groups excluding carboxylic acids is 1. The van der Waals surface area contributed by atoms with Gasteiger partial charge in [-0.3, -0.25) is 0 Å². The van der Waals surface area contributed by atoms with Gasteiger partial charge < -0.3 is 10.5 Å². The van der Waals surface area contributed by atoms with Crippen molar-refractivity contribution in [1.82, 2.24) is 4.72 Å². The van der Waals surface area contributed by atoms with Crippen molar-refractivity contribution >= 4 is 16.0 Å². The maximum Gasteiger partial charge on any atom is 0.338 e. The number of nitrogens with two attached hydrogens (primary N) is 1. The average Bonchev–Trinajstić information content (AvgIpc) is 2.50. The molecule has 0 aliphatic heterocycles. The van der Waals surface area contributed by atoms with Crippen LogP contribution >= 0.6 is 0 Å². The van der Waals surface area contributed by atoms with Gasteiger partial charge in [-0.25, -0.2) is 17.9 Å². The highest BCUT2D eigenvalue weighted by molar-refractivity contribution is 7.89. The molecular formula is C15H22N2O4S. The molecule has 0 radical (unpaired) electrons. The quantitative estimate of drug-likeness (QED) is 0.797. The highest BCUT2D eigenvalue weighted by Crippen LogP contribution is 2.19. The summed E-state index contributed by atoms with van der Waals surface area (Å²) >= 11 is 0. The summed E-state index contributed by atoms with van der Waals surface area (Å²) in [6.45, 7) is 1.99. The first kappa shape index (κ1) is 16.9. The molecule has 0 saturated heterocycles. The second-order valence-electron chi connectivity index (χ2n) is 5.42. The standard InChI is InChI=1S/C15H22N2O4S/c1-2-21-15(18)11-7-9-12(10-8-11)22(19,20)17-14-6-4-3-5-13(14)16/h7-10,13-14,17H,2-6,16H2,1H3/t13-,14-/m1/s1. The lowest BCUT2D eigenvalue weighted by molar-refractivity contribution is 0.0526. The van der Waals surface area contributed by atoms with Crippen molar-refractivity contribution in [1.29, 1.82) is 0 Å². The fourth-order valence-electron chi connectivity index (χ4n) is 2.56. The van der Waals surface area contributed by atoms with Crippen molar-refractivity contribution < 1.29 is 17.9 Å². The van der Waals surface area contributed by atoms with Crippen molar-refractivity contribution in [2.45, 2.75) is 49.6 Å². The van der Waals surface area contributed by atoms with E-state index in [0.717, 1.165) is 25.7 Å². The number of benzene rings is 1. The molecule has 3 N–H and O–H groups in total. The summed E-state index contributed by atoms with van der Waals surface area (Å²) in [6.07, 6.45) is 3.59. The smallest absolute Gasteiger partial charge is 0.338 e. The van der Waals surface area contributed by atoms with Crippen molar-refractivity contribution in [3.63, 3.8) is 0 Å². The van der Waals surface area contributed by atoms with E-state index in [4.69, 9.17) is 10.5 Å². The van der Waals surface area contributed by atoms with Crippen LogP contribution in [-0.4, -0.2) is 33.1 Å². The highest BCUT2D eigenvalue weighted by atomic mass is 32.2. The minimum Gasteiger partial charge on any atom is -0.462 e. The van der Waals surface area contributed by atoms with Gasteiger partial charge in [0.05, 0.1) is 17.1 Å². The lowest BCUT2D eigenvalue weighted by Crippen LogP contribution is -2.49. The van der Waals surface area contributed by atoms with Gasteiger partial charge in [-0.2, -0.15) is 0 Å². The van der Waals surface area contributed by atoms with E-state index in [1.807, 2.05) is 0 Å². The van der Waals surface area contributed by atoms with Gasteiger partial charge in [0.2, 0.25) is 10.0 Å². The van der Waals surface area contributed by atoms with Crippen LogP contribution in [0.3, 0.4) is 0 Å². The number of sulfonamides is 1. The van der Waals surface area contributed by atoms with Gasteiger partial charge in [0, 0.05) is 12.1 Å². The first-order chi connectivity index (χ1) is 10.4. The summed E-state index contributed by atoms with van der Waals surface area (Å²) in [6, 6.07) is 5.33. The van der Waals surface area contributed by atoms with Crippen molar-refractivity contribution in [3.05, 3.63) is 29.8 Å². The van der Waals surface area contributed by atoms with Crippen molar-refractivity contribution in [2.24, 2.45) is 5.73 Å². The molecule has 1 aliphatic rings. The number of rotatable bonds is 5. The molecule has 2 atom stereocenters. The van der Waals surface area contributed by atoms with Gasteiger partial charge >= 0.3 is 5.97 Å². The predicted octanol–water partition coefficient (Wildman–Crippen LogP) is 1.41. The molecule has 1 aromatic carbocycles. The second-order valence-corrected chi connectivity index (χ2v) is 7.13. The fourth-order valence-corrected chi connectivity index (χ4v) is 3.88. The third-order valence-corrected chi connectivity index (χ3v) is 5.31. The molecule has 0 unspecified atom stereocenters. The third kappa shape index (κ3) is 4.06. The topological polar surface area (TPSA) is 98.5 Å². The Labute approximate surface area is 131 Å². The molecule has 1 aromatic rings. The highest BCUT2D eigenvalue weighted by Gasteiger charge is 2.27. The predicted molar refractivity (Wildman–Crippen MR) is 83.0 cm³/mol. The molecular weight excluding hydrogens is 304 g/mol. The second kappa shape index (κ2) is 7.21. The molecule has 6 nitrogen and oxygen atoms in total. The molecule has 1 fully saturated rings. The molecule has 0 bridgehead atoms. The molecule has 0 aromatic heterocycles. The summed E-state index contributed by atoms with van der Waals surface area (Å²) < 4.78 is 32.3. The van der Waals surface area contributed by atoms with E-state index in [-0.39, 0.29) is 23.6 Å². The van der Waals surface area contributed by atoms with Crippen LogP contribution in [0.25, 0.3) is 0 Å². The Morgan fingerprint density at radius 2 is 1.91 bits per heavy atom.